The molecular formula is C26H20BrNO6S. The molecule has 2 aromatic carbocycles. The number of hydrogen-bond donors (Lipinski definition) is 1. The maximum atomic E-state index is 13.8. The van der Waals surface area contributed by atoms with E-state index in [1.807, 2.05) is 29.6 Å². The molecule has 0 radical (unpaired) electrons. The van der Waals surface area contributed by atoms with Gasteiger partial charge in [-0.15, -0.1) is 11.3 Å². The second kappa shape index (κ2) is 9.24. The number of Topliss-reactive ketones (excluding diaryl/α,β-unsaturated/α-hetero) is 1. The van der Waals surface area contributed by atoms with Gasteiger partial charge in [0.25, 0.3) is 5.91 Å². The average Bonchev–Trinajstić information content (AvgIpc) is 3.58. The van der Waals surface area contributed by atoms with Crippen LogP contribution in [-0.4, -0.2) is 35.9 Å². The van der Waals surface area contributed by atoms with Crippen molar-refractivity contribution < 1.29 is 28.6 Å². The van der Waals surface area contributed by atoms with E-state index < -0.39 is 23.5 Å². The van der Waals surface area contributed by atoms with E-state index >= 15 is 0 Å². The zero-order chi connectivity index (χ0) is 24.7. The summed E-state index contributed by atoms with van der Waals surface area (Å²) in [4.78, 5) is 29.4. The van der Waals surface area contributed by atoms with Crippen molar-refractivity contribution in [2.45, 2.75) is 12.6 Å². The minimum absolute atomic E-state index is 0.0253. The van der Waals surface area contributed by atoms with Gasteiger partial charge in [-0.1, -0.05) is 34.1 Å². The molecule has 0 saturated heterocycles. The Balaban J connectivity index is 1.66. The second-order valence-corrected chi connectivity index (χ2v) is 9.83. The van der Waals surface area contributed by atoms with Gasteiger partial charge in [0.05, 0.1) is 32.4 Å². The summed E-state index contributed by atoms with van der Waals surface area (Å²) in [6.07, 6.45) is 0. The third-order valence-electron chi connectivity index (χ3n) is 5.88. The number of para-hydroxylation sites is 1. The van der Waals surface area contributed by atoms with Crippen LogP contribution in [0.2, 0.25) is 0 Å². The number of carbonyl (C=O) groups excluding carboxylic acids is 2. The van der Waals surface area contributed by atoms with Crippen LogP contribution >= 0.6 is 27.3 Å². The lowest BCUT2D eigenvalue weighted by Crippen LogP contribution is -2.30. The largest absolute Gasteiger partial charge is 0.503 e. The number of aliphatic hydroxyl groups is 1. The Labute approximate surface area is 213 Å². The number of furan rings is 1. The van der Waals surface area contributed by atoms with E-state index in [1.165, 1.54) is 30.5 Å². The van der Waals surface area contributed by atoms with E-state index in [1.54, 1.807) is 30.3 Å². The van der Waals surface area contributed by atoms with Gasteiger partial charge in [0.2, 0.25) is 5.78 Å². The highest BCUT2D eigenvalue weighted by Crippen LogP contribution is 2.46. The smallest absolute Gasteiger partial charge is 0.290 e. The van der Waals surface area contributed by atoms with E-state index in [0.29, 0.717) is 22.6 Å². The Morgan fingerprint density at radius 3 is 2.69 bits per heavy atom. The summed E-state index contributed by atoms with van der Waals surface area (Å²) in [5, 5.41) is 13.6. The molecule has 7 nitrogen and oxygen atoms in total. The predicted octanol–water partition coefficient (Wildman–Crippen LogP) is 6.05. The number of ketones is 1. The number of fused-ring (bicyclic) bond motifs is 1. The third kappa shape index (κ3) is 4.00. The number of carbonyl (C=O) groups is 2. The highest BCUT2D eigenvalue weighted by Gasteiger charge is 2.46. The number of amides is 1. The summed E-state index contributed by atoms with van der Waals surface area (Å²) in [5.41, 5.74) is 0.964. The number of rotatable bonds is 7. The molecule has 0 aliphatic carbocycles. The van der Waals surface area contributed by atoms with Gasteiger partial charge in [0.1, 0.15) is 5.58 Å². The average molecular weight is 554 g/mol. The van der Waals surface area contributed by atoms with E-state index in [2.05, 4.69) is 15.9 Å². The summed E-state index contributed by atoms with van der Waals surface area (Å²) >= 11 is 4.90. The molecule has 0 bridgehead atoms. The highest BCUT2D eigenvalue weighted by molar-refractivity contribution is 9.10. The zero-order valence-corrected chi connectivity index (χ0v) is 21.2. The molecule has 0 fully saturated rings. The molecule has 2 aromatic heterocycles. The van der Waals surface area contributed by atoms with Crippen molar-refractivity contribution in [1.82, 2.24) is 4.90 Å². The monoisotopic (exact) mass is 553 g/mol. The molecule has 0 saturated carbocycles. The number of halogens is 1. The lowest BCUT2D eigenvalue weighted by atomic mass is 9.94. The van der Waals surface area contributed by atoms with Crippen molar-refractivity contribution in [1.29, 1.82) is 0 Å². The molecule has 1 N–H and O–H groups in total. The Morgan fingerprint density at radius 1 is 1.14 bits per heavy atom. The topological polar surface area (TPSA) is 89.2 Å². The van der Waals surface area contributed by atoms with Crippen LogP contribution in [0, 0.1) is 0 Å². The minimum Gasteiger partial charge on any atom is -0.503 e. The maximum Gasteiger partial charge on any atom is 0.290 e. The van der Waals surface area contributed by atoms with E-state index in [9.17, 15) is 14.7 Å². The number of nitrogens with zero attached hydrogens (tertiary/aromatic N) is 1. The first-order valence-corrected chi connectivity index (χ1v) is 12.3. The van der Waals surface area contributed by atoms with Crippen LogP contribution in [-0.2, 0) is 11.3 Å². The van der Waals surface area contributed by atoms with Crippen molar-refractivity contribution in [2.75, 3.05) is 14.2 Å². The van der Waals surface area contributed by atoms with Crippen LogP contribution in [0.5, 0.6) is 11.5 Å². The quantitative estimate of drug-likeness (QED) is 0.280. The molecule has 1 atom stereocenters. The summed E-state index contributed by atoms with van der Waals surface area (Å²) in [5.74, 6) is -0.986. The Bertz CT molecular complexity index is 1470. The lowest BCUT2D eigenvalue weighted by molar-refractivity contribution is -0.130. The molecular weight excluding hydrogens is 534 g/mol. The molecule has 4 aromatic rings. The number of hydrogen-bond acceptors (Lipinski definition) is 7. The van der Waals surface area contributed by atoms with Crippen LogP contribution in [0.1, 0.15) is 27.0 Å². The maximum absolute atomic E-state index is 13.8. The molecule has 1 amide bonds. The summed E-state index contributed by atoms with van der Waals surface area (Å²) in [6, 6.07) is 15.1. The van der Waals surface area contributed by atoms with Crippen LogP contribution in [0.15, 0.2) is 80.2 Å². The molecule has 35 heavy (non-hydrogen) atoms. The van der Waals surface area contributed by atoms with E-state index in [0.717, 1.165) is 14.7 Å². The third-order valence-corrected chi connectivity index (χ3v) is 7.24. The van der Waals surface area contributed by atoms with Gasteiger partial charge in [0.15, 0.2) is 23.0 Å². The lowest BCUT2D eigenvalue weighted by Gasteiger charge is -2.28. The van der Waals surface area contributed by atoms with Crippen molar-refractivity contribution in [3.63, 3.8) is 0 Å². The molecule has 1 unspecified atom stereocenters. The molecule has 5 rings (SSSR count). The van der Waals surface area contributed by atoms with Gasteiger partial charge in [-0.2, -0.15) is 0 Å². The predicted molar refractivity (Wildman–Crippen MR) is 135 cm³/mol. The van der Waals surface area contributed by atoms with Gasteiger partial charge < -0.3 is 23.9 Å². The molecule has 178 valence electrons. The van der Waals surface area contributed by atoms with Crippen LogP contribution < -0.4 is 9.47 Å². The van der Waals surface area contributed by atoms with E-state index in [4.69, 9.17) is 13.9 Å². The van der Waals surface area contributed by atoms with Crippen molar-refractivity contribution in [3.8, 4) is 11.5 Å². The number of thiophene rings is 1. The first-order valence-electron chi connectivity index (χ1n) is 10.6. The second-order valence-electron chi connectivity index (χ2n) is 7.88. The molecule has 1 aliphatic heterocycles. The van der Waals surface area contributed by atoms with Gasteiger partial charge in [-0.25, -0.2) is 0 Å². The van der Waals surface area contributed by atoms with Crippen LogP contribution in [0.4, 0.5) is 0 Å². The first-order chi connectivity index (χ1) is 16.9. The Hall–Kier alpha value is -3.56. The van der Waals surface area contributed by atoms with Gasteiger partial charge in [-0.3, -0.25) is 9.59 Å². The first kappa shape index (κ1) is 23.2. The Morgan fingerprint density at radius 2 is 1.97 bits per heavy atom. The van der Waals surface area contributed by atoms with Gasteiger partial charge >= 0.3 is 0 Å². The van der Waals surface area contributed by atoms with Crippen molar-refractivity contribution in [2.24, 2.45) is 0 Å². The van der Waals surface area contributed by atoms with Gasteiger partial charge in [0, 0.05) is 20.3 Å². The molecule has 0 spiro atoms. The summed E-state index contributed by atoms with van der Waals surface area (Å²) in [7, 11) is 3.00. The fraction of sp³-hybridized carbons (Fsp3) is 0.154. The van der Waals surface area contributed by atoms with Crippen LogP contribution in [0.25, 0.3) is 11.0 Å². The SMILES string of the molecule is COc1cccc(C2C(C(=O)c3cc4cc(Br)ccc4o3)=C(O)C(=O)N2Cc2cccs2)c1OC. The Kier molecular flexibility index (Phi) is 6.12. The molecule has 9 heteroatoms. The minimum atomic E-state index is -0.915. The number of methoxy groups -OCH3 is 2. The zero-order valence-electron chi connectivity index (χ0n) is 18.8. The summed E-state index contributed by atoms with van der Waals surface area (Å²) in [6.45, 7) is 0.204. The summed E-state index contributed by atoms with van der Waals surface area (Å²) < 4.78 is 17.7. The van der Waals surface area contributed by atoms with Gasteiger partial charge in [-0.05, 0) is 41.8 Å². The standard InChI is InChI=1S/C26H20BrNO6S/c1-32-19-7-3-6-17(25(19)33-2)22-21(24(30)26(31)28(22)13-16-5-4-10-35-16)23(29)20-12-14-11-15(27)8-9-18(14)34-20/h3-12,22,30H,13H2,1-2H3. The molecule has 1 aliphatic rings. The highest BCUT2D eigenvalue weighted by atomic mass is 79.9. The normalized spacial score (nSPS) is 15.8. The fourth-order valence-corrected chi connectivity index (χ4v) is 5.41. The number of ether oxygens (including phenoxy) is 2. The van der Waals surface area contributed by atoms with Crippen LogP contribution in [0.3, 0.4) is 0 Å². The number of benzene rings is 2. The van der Waals surface area contributed by atoms with Crippen molar-refractivity contribution in [3.05, 3.63) is 92.0 Å². The van der Waals surface area contributed by atoms with E-state index in [-0.39, 0.29) is 17.9 Å². The number of aliphatic hydroxyl groups excluding tert-OH is 1. The fourth-order valence-electron chi connectivity index (χ4n) is 4.33. The van der Waals surface area contributed by atoms with Crippen molar-refractivity contribution >= 4 is 49.9 Å². The molecule has 3 heterocycles.